The first kappa shape index (κ1) is 54.8. The molecule has 0 aromatic rings. The zero-order valence-electron chi connectivity index (χ0n) is 37.6. The van der Waals surface area contributed by atoms with Crippen LogP contribution in [0.15, 0.2) is 48.6 Å². The third-order valence-electron chi connectivity index (χ3n) is 10.9. The van der Waals surface area contributed by atoms with Crippen LogP contribution in [-0.2, 0) is 14.3 Å². The number of carbonyl (C=O) groups excluding carboxylic acids is 2. The number of nitrogens with one attached hydrogen (secondary N) is 1. The molecule has 0 aromatic heterocycles. The average Bonchev–Trinajstić information content (AvgIpc) is 3.21. The summed E-state index contributed by atoms with van der Waals surface area (Å²) in [5.41, 5.74) is 0. The first-order valence-electron chi connectivity index (χ1n) is 24.4. The molecule has 0 aliphatic heterocycles. The fourth-order valence-corrected chi connectivity index (χ4v) is 7.07. The molecular formula is C51H93NO5. The summed E-state index contributed by atoms with van der Waals surface area (Å²) in [4.78, 5) is 24.4. The zero-order valence-corrected chi connectivity index (χ0v) is 37.6. The Labute approximate surface area is 353 Å². The van der Waals surface area contributed by atoms with Gasteiger partial charge in [0, 0.05) is 12.8 Å². The number of aliphatic hydroxyl groups excluding tert-OH is 2. The van der Waals surface area contributed by atoms with Crippen LogP contribution in [0.3, 0.4) is 0 Å². The summed E-state index contributed by atoms with van der Waals surface area (Å²) in [6.45, 7) is 4.83. The fraction of sp³-hybridized carbons (Fsp3) is 0.804. The Kier molecular flexibility index (Phi) is 44.7. The molecule has 0 radical (unpaired) electrons. The van der Waals surface area contributed by atoms with Gasteiger partial charge in [0.25, 0.3) is 0 Å². The van der Waals surface area contributed by atoms with E-state index in [4.69, 9.17) is 4.74 Å². The summed E-state index contributed by atoms with van der Waals surface area (Å²) in [6.07, 6.45) is 56.5. The van der Waals surface area contributed by atoms with E-state index in [0.29, 0.717) is 25.9 Å². The van der Waals surface area contributed by atoms with Crippen LogP contribution in [0.5, 0.6) is 0 Å². The van der Waals surface area contributed by atoms with Gasteiger partial charge in [-0.1, -0.05) is 184 Å². The quantitative estimate of drug-likeness (QED) is 0.0247. The molecule has 0 heterocycles. The minimum atomic E-state index is -0.678. The van der Waals surface area contributed by atoms with E-state index in [1.807, 2.05) is 0 Å². The number of rotatable bonds is 44. The lowest BCUT2D eigenvalue weighted by molar-refractivity contribution is -0.143. The van der Waals surface area contributed by atoms with Crippen molar-refractivity contribution in [2.45, 2.75) is 251 Å². The molecule has 332 valence electrons. The van der Waals surface area contributed by atoms with Crippen LogP contribution in [0.2, 0.25) is 0 Å². The lowest BCUT2D eigenvalue weighted by Gasteiger charge is -2.22. The summed E-state index contributed by atoms with van der Waals surface area (Å²) < 4.78 is 5.43. The second-order valence-corrected chi connectivity index (χ2v) is 16.5. The minimum absolute atomic E-state index is 0.0369. The highest BCUT2D eigenvalue weighted by molar-refractivity contribution is 5.76. The topological polar surface area (TPSA) is 95.9 Å². The molecule has 57 heavy (non-hydrogen) atoms. The summed E-state index contributed by atoms with van der Waals surface area (Å²) in [7, 11) is 0. The van der Waals surface area contributed by atoms with Gasteiger partial charge in [-0.15, -0.1) is 0 Å². The Balaban J connectivity index is 3.54. The van der Waals surface area contributed by atoms with Crippen molar-refractivity contribution in [1.82, 2.24) is 5.32 Å². The molecule has 0 bridgehead atoms. The first-order valence-corrected chi connectivity index (χ1v) is 24.4. The number of carbonyl (C=O) groups is 2. The van der Waals surface area contributed by atoms with E-state index in [1.54, 1.807) is 0 Å². The van der Waals surface area contributed by atoms with Gasteiger partial charge in [0.1, 0.15) is 0 Å². The van der Waals surface area contributed by atoms with E-state index >= 15 is 0 Å². The van der Waals surface area contributed by atoms with Crippen LogP contribution < -0.4 is 5.32 Å². The maximum Gasteiger partial charge on any atom is 0.305 e. The molecule has 0 saturated carbocycles. The highest BCUT2D eigenvalue weighted by Gasteiger charge is 2.20. The van der Waals surface area contributed by atoms with Crippen molar-refractivity contribution in [2.75, 3.05) is 13.2 Å². The van der Waals surface area contributed by atoms with E-state index in [9.17, 15) is 19.8 Å². The van der Waals surface area contributed by atoms with Gasteiger partial charge in [0.05, 0.1) is 25.4 Å². The molecule has 0 saturated heterocycles. The molecule has 2 atom stereocenters. The Morgan fingerprint density at radius 3 is 1.47 bits per heavy atom. The van der Waals surface area contributed by atoms with Crippen LogP contribution in [0.4, 0.5) is 0 Å². The maximum absolute atomic E-state index is 12.4. The third-order valence-corrected chi connectivity index (χ3v) is 10.9. The summed E-state index contributed by atoms with van der Waals surface area (Å²) >= 11 is 0. The molecule has 6 nitrogen and oxygen atoms in total. The van der Waals surface area contributed by atoms with Crippen molar-refractivity contribution in [2.24, 2.45) is 0 Å². The van der Waals surface area contributed by atoms with Crippen LogP contribution in [0.1, 0.15) is 239 Å². The minimum Gasteiger partial charge on any atom is -0.466 e. The number of esters is 1. The third kappa shape index (κ3) is 43.2. The van der Waals surface area contributed by atoms with Gasteiger partial charge >= 0.3 is 5.97 Å². The van der Waals surface area contributed by atoms with Gasteiger partial charge in [-0.05, 0) is 89.9 Å². The maximum atomic E-state index is 12.4. The van der Waals surface area contributed by atoms with Crippen molar-refractivity contribution in [3.8, 4) is 0 Å². The number of amides is 1. The van der Waals surface area contributed by atoms with E-state index in [0.717, 1.165) is 89.9 Å². The lowest BCUT2D eigenvalue weighted by atomic mass is 10.0. The standard InChI is InChI=1S/C51H93NO5/c1-3-5-7-9-11-13-15-16-18-22-25-29-33-37-41-45-51(56)57-46-42-38-34-30-26-23-20-17-19-21-24-28-32-36-40-44-50(55)52-48(47-53)49(54)43-39-35-31-27-14-12-10-8-6-4-2/h11,13,16-18,20,23,26,48-49,53-54H,3-10,12,14-15,19,21-22,24-25,27-47H2,1-2H3,(H,52,55)/b13-11-,18-16-,20-17-,26-23-. The van der Waals surface area contributed by atoms with E-state index in [-0.39, 0.29) is 18.5 Å². The average molecular weight is 800 g/mol. The Bertz CT molecular complexity index is 973. The molecule has 6 heteroatoms. The van der Waals surface area contributed by atoms with Crippen molar-refractivity contribution < 1.29 is 24.5 Å². The zero-order chi connectivity index (χ0) is 41.5. The Morgan fingerprint density at radius 2 is 0.930 bits per heavy atom. The van der Waals surface area contributed by atoms with E-state index in [2.05, 4.69) is 67.8 Å². The predicted molar refractivity (Wildman–Crippen MR) is 245 cm³/mol. The van der Waals surface area contributed by atoms with Crippen LogP contribution >= 0.6 is 0 Å². The molecule has 0 aliphatic rings. The SMILES string of the molecule is CCCCC/C=C\C/C=C\CCCCCCCC(=O)OCCCCC/C=C\C=C/CCCCCCCCC(=O)NC(CO)C(O)CCCCCCCCCCCC. The van der Waals surface area contributed by atoms with Crippen LogP contribution in [-0.4, -0.2) is 47.4 Å². The van der Waals surface area contributed by atoms with E-state index < -0.39 is 12.1 Å². The number of aliphatic hydroxyl groups is 2. The molecule has 2 unspecified atom stereocenters. The van der Waals surface area contributed by atoms with Crippen LogP contribution in [0.25, 0.3) is 0 Å². The monoisotopic (exact) mass is 800 g/mol. The summed E-state index contributed by atoms with van der Waals surface area (Å²) in [5, 5.41) is 23.1. The number of hydrogen-bond donors (Lipinski definition) is 3. The number of ether oxygens (including phenoxy) is 1. The second kappa shape index (κ2) is 46.5. The van der Waals surface area contributed by atoms with Crippen molar-refractivity contribution >= 4 is 11.9 Å². The molecular weight excluding hydrogens is 707 g/mol. The van der Waals surface area contributed by atoms with Gasteiger partial charge in [0.2, 0.25) is 5.91 Å². The normalized spacial score (nSPS) is 13.1. The number of hydrogen-bond acceptors (Lipinski definition) is 5. The number of allylic oxidation sites excluding steroid dienone is 8. The van der Waals surface area contributed by atoms with Crippen LogP contribution in [0, 0.1) is 0 Å². The summed E-state index contributed by atoms with van der Waals surface area (Å²) in [6, 6.07) is -0.557. The molecule has 0 spiro atoms. The highest BCUT2D eigenvalue weighted by atomic mass is 16.5. The predicted octanol–water partition coefficient (Wildman–Crippen LogP) is 14.3. The smallest absolute Gasteiger partial charge is 0.305 e. The Morgan fingerprint density at radius 1 is 0.509 bits per heavy atom. The van der Waals surface area contributed by atoms with Gasteiger partial charge in [-0.25, -0.2) is 0 Å². The Hall–Kier alpha value is -2.18. The van der Waals surface area contributed by atoms with Gasteiger partial charge < -0.3 is 20.3 Å². The first-order chi connectivity index (χ1) is 28.0. The van der Waals surface area contributed by atoms with Gasteiger partial charge in [-0.3, -0.25) is 9.59 Å². The summed E-state index contributed by atoms with van der Waals surface area (Å²) in [5.74, 6) is -0.0986. The lowest BCUT2D eigenvalue weighted by Crippen LogP contribution is -2.45. The molecule has 0 fully saturated rings. The molecule has 0 aromatic carbocycles. The fourth-order valence-electron chi connectivity index (χ4n) is 7.07. The largest absolute Gasteiger partial charge is 0.466 e. The molecule has 1 amide bonds. The molecule has 0 aliphatic carbocycles. The highest BCUT2D eigenvalue weighted by Crippen LogP contribution is 2.14. The molecule has 0 rings (SSSR count). The van der Waals surface area contributed by atoms with Crippen molar-refractivity contribution in [3.05, 3.63) is 48.6 Å². The van der Waals surface area contributed by atoms with E-state index in [1.165, 1.54) is 116 Å². The van der Waals surface area contributed by atoms with Crippen molar-refractivity contribution in [1.29, 1.82) is 0 Å². The van der Waals surface area contributed by atoms with Gasteiger partial charge in [0.15, 0.2) is 0 Å². The number of unbranched alkanes of at least 4 members (excludes halogenated alkanes) is 26. The van der Waals surface area contributed by atoms with Gasteiger partial charge in [-0.2, -0.15) is 0 Å². The van der Waals surface area contributed by atoms with Crippen molar-refractivity contribution in [3.63, 3.8) is 0 Å². The molecule has 3 N–H and O–H groups in total. The second-order valence-electron chi connectivity index (χ2n) is 16.5.